The Kier molecular flexibility index (Phi) is 4.81. The number of halogens is 1. The lowest BCUT2D eigenvalue weighted by Crippen LogP contribution is -2.37. The van der Waals surface area contributed by atoms with Crippen LogP contribution in [0.15, 0.2) is 47.3 Å². The number of piperidine rings is 1. The van der Waals surface area contributed by atoms with E-state index < -0.39 is 11.7 Å². The van der Waals surface area contributed by atoms with Gasteiger partial charge in [-0.1, -0.05) is 18.2 Å². The van der Waals surface area contributed by atoms with Gasteiger partial charge in [0.15, 0.2) is 0 Å². The van der Waals surface area contributed by atoms with E-state index in [1.54, 1.807) is 24.3 Å². The second-order valence-electron chi connectivity index (χ2n) is 7.03. The van der Waals surface area contributed by atoms with Gasteiger partial charge in [0.25, 0.3) is 5.56 Å². The van der Waals surface area contributed by atoms with Gasteiger partial charge in [-0.3, -0.25) is 14.2 Å². The Morgan fingerprint density at radius 3 is 2.61 bits per heavy atom. The number of primary amides is 1. The summed E-state index contributed by atoms with van der Waals surface area (Å²) >= 11 is 0. The van der Waals surface area contributed by atoms with Crippen LogP contribution in [0.2, 0.25) is 0 Å². The van der Waals surface area contributed by atoms with Crippen molar-refractivity contribution in [3.05, 3.63) is 69.8 Å². The number of fused-ring (bicyclic) bond motifs is 1. The molecule has 2 N–H and O–H groups in total. The fourth-order valence-electron chi connectivity index (χ4n) is 3.73. The van der Waals surface area contributed by atoms with Crippen molar-refractivity contribution in [2.24, 2.45) is 5.73 Å². The number of carbonyl (C=O) groups excluding carboxylic acids is 1. The number of rotatable bonds is 4. The van der Waals surface area contributed by atoms with Crippen LogP contribution in [-0.2, 0) is 6.54 Å². The average Bonchev–Trinajstić information content (AvgIpc) is 2.71. The van der Waals surface area contributed by atoms with Gasteiger partial charge in [0.2, 0.25) is 11.9 Å². The van der Waals surface area contributed by atoms with Crippen molar-refractivity contribution >= 4 is 22.8 Å². The number of benzene rings is 2. The Morgan fingerprint density at radius 1 is 1.11 bits per heavy atom. The third-order valence-corrected chi connectivity index (χ3v) is 5.15. The molecule has 6 nitrogen and oxygen atoms in total. The van der Waals surface area contributed by atoms with E-state index in [0.717, 1.165) is 32.4 Å². The largest absolute Gasteiger partial charge is 0.366 e. The van der Waals surface area contributed by atoms with Crippen LogP contribution in [0.25, 0.3) is 10.9 Å². The molecule has 1 aliphatic rings. The third kappa shape index (κ3) is 3.35. The van der Waals surface area contributed by atoms with Gasteiger partial charge in [-0.05, 0) is 49.1 Å². The Hall–Kier alpha value is -3.22. The minimum absolute atomic E-state index is 0.142. The van der Waals surface area contributed by atoms with Gasteiger partial charge < -0.3 is 10.6 Å². The molecule has 7 heteroatoms. The summed E-state index contributed by atoms with van der Waals surface area (Å²) in [6.45, 7) is 1.75. The van der Waals surface area contributed by atoms with Gasteiger partial charge in [0.1, 0.15) is 5.82 Å². The molecule has 0 saturated carbocycles. The molecule has 1 aromatic heterocycles. The van der Waals surface area contributed by atoms with E-state index in [9.17, 15) is 14.0 Å². The number of anilines is 1. The Labute approximate surface area is 161 Å². The third-order valence-electron chi connectivity index (χ3n) is 5.15. The van der Waals surface area contributed by atoms with Crippen molar-refractivity contribution in [2.45, 2.75) is 25.8 Å². The summed E-state index contributed by atoms with van der Waals surface area (Å²) in [7, 11) is 0. The Balaban J connectivity index is 1.91. The van der Waals surface area contributed by atoms with Crippen LogP contribution >= 0.6 is 0 Å². The molecule has 0 radical (unpaired) electrons. The lowest BCUT2D eigenvalue weighted by Gasteiger charge is -2.30. The SMILES string of the molecule is NC(=O)c1ccccc1Cn1c(N2CCCCC2)nc2ccc(F)cc2c1=O. The topological polar surface area (TPSA) is 81.2 Å². The number of carbonyl (C=O) groups is 1. The maximum Gasteiger partial charge on any atom is 0.263 e. The number of amides is 1. The summed E-state index contributed by atoms with van der Waals surface area (Å²) in [5.74, 6) is -0.493. The summed E-state index contributed by atoms with van der Waals surface area (Å²) < 4.78 is 15.3. The maximum atomic E-state index is 13.8. The van der Waals surface area contributed by atoms with Crippen molar-refractivity contribution in [1.82, 2.24) is 9.55 Å². The monoisotopic (exact) mass is 380 g/mol. The van der Waals surface area contributed by atoms with E-state index in [1.807, 2.05) is 0 Å². The highest BCUT2D eigenvalue weighted by Crippen LogP contribution is 2.22. The molecule has 1 saturated heterocycles. The minimum atomic E-state index is -0.553. The lowest BCUT2D eigenvalue weighted by atomic mass is 10.1. The first-order valence-electron chi connectivity index (χ1n) is 9.37. The summed E-state index contributed by atoms with van der Waals surface area (Å²) in [5, 5.41) is 0.220. The minimum Gasteiger partial charge on any atom is -0.366 e. The molecule has 0 unspecified atom stereocenters. The zero-order chi connectivity index (χ0) is 19.7. The normalized spacial score (nSPS) is 14.4. The number of aromatic nitrogens is 2. The number of nitrogens with zero attached hydrogens (tertiary/aromatic N) is 3. The molecular formula is C21H21FN4O2. The number of nitrogens with two attached hydrogens (primary N) is 1. The molecule has 1 aliphatic heterocycles. The second kappa shape index (κ2) is 7.42. The number of hydrogen-bond donors (Lipinski definition) is 1. The van der Waals surface area contributed by atoms with E-state index in [1.165, 1.54) is 22.8 Å². The molecular weight excluding hydrogens is 359 g/mol. The molecule has 4 rings (SSSR count). The highest BCUT2D eigenvalue weighted by Gasteiger charge is 2.20. The van der Waals surface area contributed by atoms with Crippen LogP contribution < -0.4 is 16.2 Å². The van der Waals surface area contributed by atoms with Gasteiger partial charge in [0, 0.05) is 18.7 Å². The van der Waals surface area contributed by atoms with Crippen LogP contribution in [-0.4, -0.2) is 28.5 Å². The molecule has 2 heterocycles. The summed E-state index contributed by atoms with van der Waals surface area (Å²) in [6.07, 6.45) is 3.19. The standard InChI is InChI=1S/C21H21FN4O2/c22-15-8-9-18-17(12-15)20(28)26(21(24-18)25-10-4-1-5-11-25)13-14-6-2-3-7-16(14)19(23)27/h2-3,6-9,12H,1,4-5,10-11,13H2,(H2,23,27). The molecule has 3 aromatic rings. The molecule has 0 spiro atoms. The molecule has 28 heavy (non-hydrogen) atoms. The fraction of sp³-hybridized carbons (Fsp3) is 0.286. The van der Waals surface area contributed by atoms with Crippen molar-refractivity contribution in [3.63, 3.8) is 0 Å². The highest BCUT2D eigenvalue weighted by atomic mass is 19.1. The van der Waals surface area contributed by atoms with Gasteiger partial charge in [-0.15, -0.1) is 0 Å². The summed E-state index contributed by atoms with van der Waals surface area (Å²) in [4.78, 5) is 31.8. The van der Waals surface area contributed by atoms with Gasteiger partial charge >= 0.3 is 0 Å². The van der Waals surface area contributed by atoms with Crippen molar-refractivity contribution in [2.75, 3.05) is 18.0 Å². The van der Waals surface area contributed by atoms with Crippen LogP contribution in [0.3, 0.4) is 0 Å². The molecule has 0 atom stereocenters. The fourth-order valence-corrected chi connectivity index (χ4v) is 3.73. The Morgan fingerprint density at radius 2 is 1.86 bits per heavy atom. The van der Waals surface area contributed by atoms with E-state index in [2.05, 4.69) is 9.88 Å². The van der Waals surface area contributed by atoms with Crippen molar-refractivity contribution in [1.29, 1.82) is 0 Å². The van der Waals surface area contributed by atoms with Crippen LogP contribution in [0, 0.1) is 5.82 Å². The van der Waals surface area contributed by atoms with Crippen LogP contribution in [0.5, 0.6) is 0 Å². The second-order valence-corrected chi connectivity index (χ2v) is 7.03. The van der Waals surface area contributed by atoms with Crippen LogP contribution in [0.1, 0.15) is 35.2 Å². The molecule has 0 aliphatic carbocycles. The van der Waals surface area contributed by atoms with Gasteiger partial charge in [-0.2, -0.15) is 0 Å². The quantitative estimate of drug-likeness (QED) is 0.755. The molecule has 1 amide bonds. The van der Waals surface area contributed by atoms with E-state index in [-0.39, 0.29) is 17.5 Å². The highest BCUT2D eigenvalue weighted by molar-refractivity contribution is 5.94. The van der Waals surface area contributed by atoms with E-state index >= 15 is 0 Å². The first-order valence-corrected chi connectivity index (χ1v) is 9.37. The maximum absolute atomic E-state index is 13.8. The predicted octanol–water partition coefficient (Wildman–Crippen LogP) is 2.67. The van der Waals surface area contributed by atoms with Gasteiger partial charge in [-0.25, -0.2) is 9.37 Å². The molecule has 2 aromatic carbocycles. The summed E-state index contributed by atoms with van der Waals surface area (Å²) in [6, 6.07) is 11.0. The van der Waals surface area contributed by atoms with Gasteiger partial charge in [0.05, 0.1) is 17.4 Å². The van der Waals surface area contributed by atoms with Crippen molar-refractivity contribution in [3.8, 4) is 0 Å². The van der Waals surface area contributed by atoms with Crippen LogP contribution in [0.4, 0.5) is 10.3 Å². The van der Waals surface area contributed by atoms with E-state index in [0.29, 0.717) is 22.6 Å². The molecule has 144 valence electrons. The molecule has 0 bridgehead atoms. The smallest absolute Gasteiger partial charge is 0.263 e. The first kappa shape index (κ1) is 18.2. The van der Waals surface area contributed by atoms with E-state index in [4.69, 9.17) is 5.73 Å². The summed E-state index contributed by atoms with van der Waals surface area (Å²) in [5.41, 5.74) is 6.62. The number of hydrogen-bond acceptors (Lipinski definition) is 4. The molecule has 1 fully saturated rings. The first-order chi connectivity index (χ1) is 13.5. The zero-order valence-corrected chi connectivity index (χ0v) is 15.4. The Bertz CT molecular complexity index is 1100. The average molecular weight is 380 g/mol. The zero-order valence-electron chi connectivity index (χ0n) is 15.4. The predicted molar refractivity (Wildman–Crippen MR) is 106 cm³/mol. The lowest BCUT2D eigenvalue weighted by molar-refractivity contribution is 0.0999. The van der Waals surface area contributed by atoms with Crippen molar-refractivity contribution < 1.29 is 9.18 Å².